The van der Waals surface area contributed by atoms with Crippen LogP contribution in [-0.4, -0.2) is 48.7 Å². The first kappa shape index (κ1) is 18.8. The lowest BCUT2D eigenvalue weighted by atomic mass is 9.82. The lowest BCUT2D eigenvalue weighted by molar-refractivity contribution is 0.0207. The number of ketones is 1. The minimum absolute atomic E-state index is 0.0663. The van der Waals surface area contributed by atoms with Crippen molar-refractivity contribution in [2.45, 2.75) is 31.8 Å². The summed E-state index contributed by atoms with van der Waals surface area (Å²) < 4.78 is 17.3. The molecule has 0 radical (unpaired) electrons. The molecule has 0 aliphatic carbocycles. The van der Waals surface area contributed by atoms with Gasteiger partial charge in [-0.25, -0.2) is 9.97 Å². The number of methoxy groups -OCH3 is 2. The fourth-order valence-corrected chi connectivity index (χ4v) is 4.18. The van der Waals surface area contributed by atoms with E-state index in [1.807, 2.05) is 13.0 Å². The number of rotatable bonds is 3. The first-order valence-corrected chi connectivity index (χ1v) is 9.56. The third-order valence-corrected chi connectivity index (χ3v) is 5.58. The molecule has 1 spiro atoms. The quantitative estimate of drug-likeness (QED) is 0.726. The number of carbonyl (C=O) groups is 1. The molecule has 8 heteroatoms. The standard InChI is InChI=1S/C20H22ClN3O4/c1-12-10-16(23-19(21)22-12)24-8-6-20(7-9-24)11-14(25)13-4-5-15(26-2)18(27-3)17(13)28-20/h4-5,10H,6-9,11H2,1-3H3. The second-order valence-electron chi connectivity index (χ2n) is 7.19. The zero-order chi connectivity index (χ0) is 19.9. The van der Waals surface area contributed by atoms with Crippen molar-refractivity contribution >= 4 is 23.2 Å². The molecule has 28 heavy (non-hydrogen) atoms. The van der Waals surface area contributed by atoms with Gasteiger partial charge in [-0.1, -0.05) is 0 Å². The monoisotopic (exact) mass is 403 g/mol. The Morgan fingerprint density at radius 3 is 2.57 bits per heavy atom. The molecule has 0 atom stereocenters. The van der Waals surface area contributed by atoms with Crippen LogP contribution in [0.4, 0.5) is 5.82 Å². The molecule has 3 heterocycles. The molecule has 0 saturated carbocycles. The van der Waals surface area contributed by atoms with Gasteiger partial charge in [-0.3, -0.25) is 4.79 Å². The van der Waals surface area contributed by atoms with Gasteiger partial charge in [0, 0.05) is 37.7 Å². The van der Waals surface area contributed by atoms with Crippen molar-refractivity contribution in [1.29, 1.82) is 0 Å². The maximum atomic E-state index is 12.8. The maximum absolute atomic E-state index is 12.8. The van der Waals surface area contributed by atoms with Crippen molar-refractivity contribution in [3.8, 4) is 17.2 Å². The number of ether oxygens (including phenoxy) is 3. The van der Waals surface area contributed by atoms with Crippen LogP contribution >= 0.6 is 11.6 Å². The van der Waals surface area contributed by atoms with Crippen molar-refractivity contribution in [2.24, 2.45) is 0 Å². The number of benzene rings is 1. The SMILES string of the molecule is COc1ccc2c(c1OC)OC1(CCN(c3cc(C)nc(Cl)n3)CC1)CC2=O. The summed E-state index contributed by atoms with van der Waals surface area (Å²) in [6, 6.07) is 5.40. The zero-order valence-corrected chi connectivity index (χ0v) is 16.9. The van der Waals surface area contributed by atoms with E-state index in [9.17, 15) is 4.79 Å². The summed E-state index contributed by atoms with van der Waals surface area (Å²) >= 11 is 6.00. The van der Waals surface area contributed by atoms with E-state index >= 15 is 0 Å². The third kappa shape index (κ3) is 3.24. The Labute approximate surface area is 168 Å². The smallest absolute Gasteiger partial charge is 0.224 e. The minimum atomic E-state index is -0.550. The molecule has 1 fully saturated rings. The number of anilines is 1. The van der Waals surface area contributed by atoms with Gasteiger partial charge >= 0.3 is 0 Å². The number of aromatic nitrogens is 2. The van der Waals surface area contributed by atoms with Gasteiger partial charge in [0.2, 0.25) is 11.0 Å². The van der Waals surface area contributed by atoms with E-state index in [0.717, 1.165) is 11.5 Å². The number of hydrogen-bond acceptors (Lipinski definition) is 7. The highest BCUT2D eigenvalue weighted by Gasteiger charge is 2.44. The average Bonchev–Trinajstić information content (AvgIpc) is 2.66. The summed E-state index contributed by atoms with van der Waals surface area (Å²) in [5, 5.41) is 0.241. The second kappa shape index (κ2) is 7.13. The van der Waals surface area contributed by atoms with Gasteiger partial charge in [0.25, 0.3) is 0 Å². The second-order valence-corrected chi connectivity index (χ2v) is 7.52. The van der Waals surface area contributed by atoms with Crippen LogP contribution in [0.25, 0.3) is 0 Å². The molecular weight excluding hydrogens is 382 g/mol. The third-order valence-electron chi connectivity index (χ3n) is 5.41. The minimum Gasteiger partial charge on any atom is -0.493 e. The molecule has 0 N–H and O–H groups in total. The average molecular weight is 404 g/mol. The number of aryl methyl sites for hydroxylation is 1. The van der Waals surface area contributed by atoms with E-state index in [-0.39, 0.29) is 11.1 Å². The van der Waals surface area contributed by atoms with Crippen molar-refractivity contribution in [2.75, 3.05) is 32.2 Å². The van der Waals surface area contributed by atoms with Crippen LogP contribution in [0, 0.1) is 6.92 Å². The van der Waals surface area contributed by atoms with Crippen LogP contribution in [0.2, 0.25) is 5.28 Å². The molecule has 0 amide bonds. The number of halogens is 1. The normalized spacial score (nSPS) is 17.9. The van der Waals surface area contributed by atoms with Crippen molar-refractivity contribution in [1.82, 2.24) is 9.97 Å². The zero-order valence-electron chi connectivity index (χ0n) is 16.1. The van der Waals surface area contributed by atoms with Crippen molar-refractivity contribution < 1.29 is 19.0 Å². The molecule has 2 aliphatic rings. The van der Waals surface area contributed by atoms with Gasteiger partial charge in [0.1, 0.15) is 11.4 Å². The van der Waals surface area contributed by atoms with E-state index < -0.39 is 5.60 Å². The van der Waals surface area contributed by atoms with Crippen molar-refractivity contribution in [3.05, 3.63) is 34.7 Å². The van der Waals surface area contributed by atoms with Crippen LogP contribution in [0.5, 0.6) is 17.2 Å². The molecule has 7 nitrogen and oxygen atoms in total. The molecule has 2 aromatic rings. The van der Waals surface area contributed by atoms with Gasteiger partial charge in [-0.2, -0.15) is 0 Å². The van der Waals surface area contributed by atoms with Crippen LogP contribution in [-0.2, 0) is 0 Å². The molecule has 1 saturated heterocycles. The van der Waals surface area contributed by atoms with Gasteiger partial charge in [0.15, 0.2) is 17.3 Å². The molecular formula is C20H22ClN3O4. The number of fused-ring (bicyclic) bond motifs is 1. The lowest BCUT2D eigenvalue weighted by Gasteiger charge is -2.44. The number of hydrogen-bond donors (Lipinski definition) is 0. The van der Waals surface area contributed by atoms with Crippen LogP contribution < -0.4 is 19.1 Å². The summed E-state index contributed by atoms with van der Waals surface area (Å²) in [6.45, 7) is 3.31. The predicted octanol–water partition coefficient (Wildman–Crippen LogP) is 3.46. The van der Waals surface area contributed by atoms with Crippen LogP contribution in [0.15, 0.2) is 18.2 Å². The Bertz CT molecular complexity index is 906. The summed E-state index contributed by atoms with van der Waals surface area (Å²) in [7, 11) is 3.12. The highest BCUT2D eigenvalue weighted by Crippen LogP contribution is 2.48. The summed E-state index contributed by atoms with van der Waals surface area (Å²) in [6.07, 6.45) is 1.74. The predicted molar refractivity (Wildman–Crippen MR) is 105 cm³/mol. The molecule has 0 unspecified atom stereocenters. The number of piperidine rings is 1. The topological polar surface area (TPSA) is 73.8 Å². The lowest BCUT2D eigenvalue weighted by Crippen LogP contribution is -2.51. The van der Waals surface area contributed by atoms with Crippen LogP contribution in [0.3, 0.4) is 0 Å². The van der Waals surface area contributed by atoms with Crippen molar-refractivity contribution in [3.63, 3.8) is 0 Å². The van der Waals surface area contributed by atoms with E-state index in [0.29, 0.717) is 55.2 Å². The molecule has 148 valence electrons. The van der Waals surface area contributed by atoms with E-state index in [1.165, 1.54) is 0 Å². The molecule has 4 rings (SSSR count). The van der Waals surface area contributed by atoms with E-state index in [4.69, 9.17) is 25.8 Å². The Morgan fingerprint density at radius 2 is 1.93 bits per heavy atom. The number of nitrogens with zero attached hydrogens (tertiary/aromatic N) is 3. The van der Waals surface area contributed by atoms with E-state index in [1.54, 1.807) is 26.4 Å². The summed E-state index contributed by atoms with van der Waals surface area (Å²) in [5.41, 5.74) is 0.820. The van der Waals surface area contributed by atoms with E-state index in [2.05, 4.69) is 14.9 Å². The largest absolute Gasteiger partial charge is 0.493 e. The number of carbonyl (C=O) groups excluding carboxylic acids is 1. The highest BCUT2D eigenvalue weighted by molar-refractivity contribution is 6.28. The summed E-state index contributed by atoms with van der Waals surface area (Å²) in [5.74, 6) is 2.36. The first-order valence-electron chi connectivity index (χ1n) is 9.18. The number of Topliss-reactive ketones (excluding diaryl/α,β-unsaturated/α-hetero) is 1. The van der Waals surface area contributed by atoms with Gasteiger partial charge < -0.3 is 19.1 Å². The fraction of sp³-hybridized carbons (Fsp3) is 0.450. The van der Waals surface area contributed by atoms with Crippen LogP contribution in [0.1, 0.15) is 35.3 Å². The maximum Gasteiger partial charge on any atom is 0.224 e. The molecule has 1 aromatic carbocycles. The Hall–Kier alpha value is -2.54. The van der Waals surface area contributed by atoms with Gasteiger partial charge in [-0.05, 0) is 30.7 Å². The Kier molecular flexibility index (Phi) is 4.79. The van der Waals surface area contributed by atoms with Gasteiger partial charge in [0.05, 0.1) is 26.2 Å². The molecule has 0 bridgehead atoms. The highest BCUT2D eigenvalue weighted by atomic mass is 35.5. The first-order chi connectivity index (χ1) is 13.4. The molecule has 2 aliphatic heterocycles. The van der Waals surface area contributed by atoms with Gasteiger partial charge in [-0.15, -0.1) is 0 Å². The fourth-order valence-electron chi connectivity index (χ4n) is 3.96. The Balaban J connectivity index is 1.59. The Morgan fingerprint density at radius 1 is 1.18 bits per heavy atom. The summed E-state index contributed by atoms with van der Waals surface area (Å²) in [4.78, 5) is 23.4. The molecule has 1 aromatic heterocycles.